The molecule has 0 radical (unpaired) electrons. The lowest BCUT2D eigenvalue weighted by molar-refractivity contribution is -0.143. The largest absolute Gasteiger partial charge is 0.469 e. The van der Waals surface area contributed by atoms with Crippen molar-refractivity contribution in [2.24, 2.45) is 23.7 Å². The van der Waals surface area contributed by atoms with Gasteiger partial charge in [-0.1, -0.05) is 102 Å². The summed E-state index contributed by atoms with van der Waals surface area (Å²) in [4.78, 5) is 101. The van der Waals surface area contributed by atoms with E-state index in [-0.39, 0.29) is 57.0 Å². The van der Waals surface area contributed by atoms with E-state index in [0.717, 1.165) is 18.2 Å². The quantitative estimate of drug-likeness (QED) is 0.0598. The second-order valence-corrected chi connectivity index (χ2v) is 17.6. The van der Waals surface area contributed by atoms with Crippen molar-refractivity contribution in [2.75, 3.05) is 14.2 Å². The zero-order chi connectivity index (χ0) is 48.9. The van der Waals surface area contributed by atoms with E-state index in [9.17, 15) is 43.8 Å². The number of carbonyl (C=O) groups is 7. The number of aliphatic hydroxyl groups is 2. The van der Waals surface area contributed by atoms with Crippen LogP contribution in [-0.2, 0) is 48.1 Å². The van der Waals surface area contributed by atoms with Crippen molar-refractivity contribution in [3.05, 3.63) is 90.0 Å². The minimum atomic E-state index is -1.33. The van der Waals surface area contributed by atoms with Crippen LogP contribution in [0.15, 0.2) is 73.2 Å². The highest BCUT2D eigenvalue weighted by molar-refractivity contribution is 6.02. The number of imidazole rings is 1. The second kappa shape index (κ2) is 27.2. The van der Waals surface area contributed by atoms with Crippen LogP contribution in [0.5, 0.6) is 0 Å². The predicted molar refractivity (Wildman–Crippen MR) is 244 cm³/mol. The summed E-state index contributed by atoms with van der Waals surface area (Å²) in [5.41, 5.74) is 1.92. The van der Waals surface area contributed by atoms with Crippen LogP contribution in [0.4, 0.5) is 14.4 Å². The molecule has 19 heteroatoms. The summed E-state index contributed by atoms with van der Waals surface area (Å²) in [5.74, 6) is -4.28. The fourth-order valence-corrected chi connectivity index (χ4v) is 7.12. The van der Waals surface area contributed by atoms with E-state index in [2.05, 4.69) is 41.3 Å². The fraction of sp³-hybridized carbons (Fsp3) is 0.532. The number of alkyl carbamates (subject to hydrolysis) is 1. The molecule has 1 aromatic heterocycles. The first-order chi connectivity index (χ1) is 31.3. The Kier molecular flexibility index (Phi) is 22.3. The Balaban J connectivity index is 1.77. The molecule has 362 valence electrons. The van der Waals surface area contributed by atoms with Crippen molar-refractivity contribution in [1.29, 1.82) is 0 Å². The van der Waals surface area contributed by atoms with Crippen molar-refractivity contribution in [3.8, 4) is 0 Å². The molecule has 66 heavy (non-hydrogen) atoms. The molecule has 19 nitrogen and oxygen atoms in total. The van der Waals surface area contributed by atoms with Gasteiger partial charge < -0.3 is 45.9 Å². The summed E-state index contributed by atoms with van der Waals surface area (Å²) in [6, 6.07) is 11.8. The maximum absolute atomic E-state index is 14.3. The van der Waals surface area contributed by atoms with Crippen molar-refractivity contribution in [3.63, 3.8) is 0 Å². The third-order valence-corrected chi connectivity index (χ3v) is 10.8. The average Bonchev–Trinajstić information content (AvgIpc) is 3.79. The molecule has 1 heterocycles. The second-order valence-electron chi connectivity index (χ2n) is 17.6. The van der Waals surface area contributed by atoms with Gasteiger partial charge in [0, 0.05) is 32.0 Å². The highest BCUT2D eigenvalue weighted by Gasteiger charge is 2.35. The molecule has 0 saturated carbocycles. The van der Waals surface area contributed by atoms with Crippen molar-refractivity contribution in [1.82, 2.24) is 41.5 Å². The maximum Gasteiger partial charge on any atom is 0.408 e. The van der Waals surface area contributed by atoms with Gasteiger partial charge in [0.1, 0.15) is 18.7 Å². The minimum absolute atomic E-state index is 0.00535. The zero-order valence-electron chi connectivity index (χ0n) is 39.1. The van der Waals surface area contributed by atoms with Crippen molar-refractivity contribution >= 4 is 41.8 Å². The lowest BCUT2D eigenvalue weighted by Crippen LogP contribution is -2.57. The molecule has 0 aliphatic heterocycles. The van der Waals surface area contributed by atoms with Gasteiger partial charge in [-0.2, -0.15) is 0 Å². The van der Waals surface area contributed by atoms with E-state index in [0.29, 0.717) is 10.6 Å². The lowest BCUT2D eigenvalue weighted by Gasteiger charge is -2.31. The van der Waals surface area contributed by atoms with Crippen LogP contribution in [0, 0.1) is 23.7 Å². The summed E-state index contributed by atoms with van der Waals surface area (Å²) in [7, 11) is 2.31. The standard InChI is InChI=1S/C47H68N8O11/c1-28(2)19-35(39(56)23-34(30(5)6)42(59)54-46(63)55(7)45(62)52-36(20-29(3)4)40(57)24-41(58)65-8)50-44(61)38(22-33-25-48-27-49-33)51-43(60)37(21-31-15-11-9-12-16-31)53-47(64)66-26-32-17-13-10-14-18-32/h9-18,25,27-30,34-40,56-57H,19-24,26H2,1-8H3,(H,48,49)(H,50,61)(H,51,60)(H,52,62)(H,53,64)(H,54,59,63)/t34-,35-,36?,37-,38-,39-,40?/m0/s1. The van der Waals surface area contributed by atoms with Gasteiger partial charge in [-0.25, -0.2) is 24.3 Å². The van der Waals surface area contributed by atoms with E-state index in [1.165, 1.54) is 13.4 Å². The van der Waals surface area contributed by atoms with Crippen LogP contribution in [0.25, 0.3) is 0 Å². The molecular weight excluding hydrogens is 853 g/mol. The Labute approximate surface area is 386 Å². The molecule has 0 spiro atoms. The Hall–Kier alpha value is -6.34. The minimum Gasteiger partial charge on any atom is -0.469 e. The monoisotopic (exact) mass is 921 g/mol. The van der Waals surface area contributed by atoms with Crippen LogP contribution < -0.4 is 26.6 Å². The number of hydrogen-bond acceptors (Lipinski definition) is 12. The lowest BCUT2D eigenvalue weighted by atomic mass is 9.85. The first kappa shape index (κ1) is 54.0. The number of aromatic amines is 1. The van der Waals surface area contributed by atoms with Gasteiger partial charge in [0.15, 0.2) is 0 Å². The van der Waals surface area contributed by atoms with Crippen molar-refractivity contribution in [2.45, 2.75) is 123 Å². The number of urea groups is 2. The molecule has 0 bridgehead atoms. The first-order valence-electron chi connectivity index (χ1n) is 22.2. The molecular formula is C47H68N8O11. The molecule has 0 aliphatic carbocycles. The number of benzene rings is 2. The number of ether oxygens (including phenoxy) is 2. The molecule has 7 atom stereocenters. The molecule has 2 unspecified atom stereocenters. The van der Waals surface area contributed by atoms with Crippen LogP contribution in [0.2, 0.25) is 0 Å². The molecule has 3 aromatic rings. The number of rotatable bonds is 24. The highest BCUT2D eigenvalue weighted by Crippen LogP contribution is 2.22. The van der Waals surface area contributed by atoms with E-state index in [1.807, 2.05) is 39.8 Å². The van der Waals surface area contributed by atoms with Gasteiger partial charge in [-0.15, -0.1) is 0 Å². The number of amides is 8. The van der Waals surface area contributed by atoms with Crippen LogP contribution >= 0.6 is 0 Å². The summed E-state index contributed by atoms with van der Waals surface area (Å²) in [5, 5.41) is 35.5. The van der Waals surface area contributed by atoms with E-state index in [1.54, 1.807) is 68.6 Å². The van der Waals surface area contributed by atoms with Gasteiger partial charge in [-0.3, -0.25) is 24.5 Å². The highest BCUT2D eigenvalue weighted by atomic mass is 16.5. The molecule has 0 aliphatic rings. The third-order valence-electron chi connectivity index (χ3n) is 10.8. The molecule has 8 N–H and O–H groups in total. The number of imide groups is 2. The normalized spacial score (nSPS) is 14.4. The van der Waals surface area contributed by atoms with Gasteiger partial charge in [0.05, 0.1) is 49.8 Å². The fourth-order valence-electron chi connectivity index (χ4n) is 7.12. The Morgan fingerprint density at radius 1 is 0.682 bits per heavy atom. The van der Waals surface area contributed by atoms with Crippen LogP contribution in [0.3, 0.4) is 0 Å². The number of H-pyrrole nitrogens is 1. The number of nitrogens with zero attached hydrogens (tertiary/aromatic N) is 2. The van der Waals surface area contributed by atoms with Gasteiger partial charge in [0.2, 0.25) is 17.7 Å². The Bertz CT molecular complexity index is 2000. The van der Waals surface area contributed by atoms with Crippen molar-refractivity contribution < 1.29 is 53.2 Å². The number of methoxy groups -OCH3 is 1. The predicted octanol–water partition coefficient (Wildman–Crippen LogP) is 3.75. The molecule has 0 saturated heterocycles. The number of aliphatic hydroxyl groups excluding tert-OH is 2. The zero-order valence-corrected chi connectivity index (χ0v) is 39.1. The third kappa shape index (κ3) is 18.6. The van der Waals surface area contributed by atoms with E-state index in [4.69, 9.17) is 4.74 Å². The number of hydrogen-bond donors (Lipinski definition) is 8. The van der Waals surface area contributed by atoms with E-state index >= 15 is 0 Å². The molecule has 3 rings (SSSR count). The van der Waals surface area contributed by atoms with E-state index < -0.39 is 90.1 Å². The SMILES string of the molecule is COC(=O)CC(O)C(CC(C)C)NC(=O)N(C)C(=O)NC(=O)[C@@H](C[C@H](O)[C@H](CC(C)C)NC(=O)[C@H](Cc1c[nH]cn1)NC(=O)[C@H](Cc1ccccc1)NC(=O)OCc1ccccc1)C(C)C. The number of aromatic nitrogens is 2. The first-order valence-corrected chi connectivity index (χ1v) is 22.2. The summed E-state index contributed by atoms with van der Waals surface area (Å²) in [6.45, 7) is 10.9. The Morgan fingerprint density at radius 2 is 1.24 bits per heavy atom. The topological polar surface area (TPSA) is 270 Å². The number of nitrogens with one attached hydrogen (secondary N) is 6. The molecule has 2 aromatic carbocycles. The van der Waals surface area contributed by atoms with Crippen LogP contribution in [-0.4, -0.2) is 117 Å². The molecule has 0 fully saturated rings. The van der Waals surface area contributed by atoms with Gasteiger partial charge in [0.25, 0.3) is 0 Å². The maximum atomic E-state index is 14.3. The summed E-state index contributed by atoms with van der Waals surface area (Å²) < 4.78 is 10.0. The summed E-state index contributed by atoms with van der Waals surface area (Å²) >= 11 is 0. The van der Waals surface area contributed by atoms with Crippen LogP contribution in [0.1, 0.15) is 84.0 Å². The Morgan fingerprint density at radius 3 is 1.79 bits per heavy atom. The van der Waals surface area contributed by atoms with Gasteiger partial charge >= 0.3 is 24.1 Å². The number of esters is 1. The van der Waals surface area contributed by atoms with Gasteiger partial charge in [-0.05, 0) is 48.1 Å². The average molecular weight is 921 g/mol. The smallest absolute Gasteiger partial charge is 0.408 e. The number of carbonyl (C=O) groups excluding carboxylic acids is 7. The summed E-state index contributed by atoms with van der Waals surface area (Å²) in [6.07, 6.45) is -0.539. The molecule has 8 amide bonds.